The Morgan fingerprint density at radius 1 is 0.913 bits per heavy atom. The number of nitrogens with zero attached hydrogens (tertiary/aromatic N) is 1. The van der Waals surface area contributed by atoms with E-state index in [9.17, 15) is 0 Å². The minimum atomic E-state index is 0.304. The van der Waals surface area contributed by atoms with E-state index in [1.807, 2.05) is 0 Å². The number of benzene rings is 1. The first kappa shape index (κ1) is 17.6. The van der Waals surface area contributed by atoms with Crippen molar-refractivity contribution in [3.8, 4) is 0 Å². The van der Waals surface area contributed by atoms with Crippen LogP contribution in [0.2, 0.25) is 0 Å². The third-order valence-electron chi connectivity index (χ3n) is 4.19. The summed E-state index contributed by atoms with van der Waals surface area (Å²) in [4.78, 5) is 4.20. The molecule has 2 rings (SSSR count). The zero-order chi connectivity index (χ0) is 16.7. The van der Waals surface area contributed by atoms with E-state index in [1.54, 1.807) is 14.2 Å². The third-order valence-corrected chi connectivity index (χ3v) is 4.19. The molecule has 3 N–H and O–H groups in total. The molecule has 1 heterocycles. The number of rotatable bonds is 10. The zero-order valence-corrected chi connectivity index (χ0v) is 14.2. The molecule has 1 aliphatic heterocycles. The molecule has 1 aliphatic rings. The number of hydrogen-bond donors (Lipinski definition) is 2. The van der Waals surface area contributed by atoms with Crippen LogP contribution in [0.15, 0.2) is 17.1 Å². The summed E-state index contributed by atoms with van der Waals surface area (Å²) in [6, 6.07) is 4.29. The number of unbranched alkanes of at least 4 members (excludes halogenated alkanes) is 2. The Morgan fingerprint density at radius 2 is 1.43 bits per heavy atom. The lowest BCUT2D eigenvalue weighted by Crippen LogP contribution is -2.14. The molecule has 0 saturated carbocycles. The van der Waals surface area contributed by atoms with E-state index in [0.29, 0.717) is 11.7 Å². The van der Waals surface area contributed by atoms with Crippen LogP contribution in [0.5, 0.6) is 0 Å². The van der Waals surface area contributed by atoms with Crippen LogP contribution in [0.3, 0.4) is 0 Å². The molecule has 1 aromatic rings. The molecule has 0 unspecified atom stereocenters. The molecule has 5 heteroatoms. The molecule has 0 spiro atoms. The van der Waals surface area contributed by atoms with Gasteiger partial charge in [-0.2, -0.15) is 0 Å². The van der Waals surface area contributed by atoms with E-state index < -0.39 is 0 Å². The fourth-order valence-corrected chi connectivity index (χ4v) is 3.02. The lowest BCUT2D eigenvalue weighted by molar-refractivity contribution is 0.193. The fraction of sp³-hybridized carbons (Fsp3) is 0.556. The van der Waals surface area contributed by atoms with Crippen LogP contribution in [-0.4, -0.2) is 39.1 Å². The molecule has 23 heavy (non-hydrogen) atoms. The number of amidine groups is 2. The molecule has 5 nitrogen and oxygen atoms in total. The maximum atomic E-state index is 8.15. The van der Waals surface area contributed by atoms with Gasteiger partial charge in [-0.25, -0.2) is 4.99 Å². The van der Waals surface area contributed by atoms with Gasteiger partial charge in [-0.05, 0) is 49.7 Å². The highest BCUT2D eigenvalue weighted by molar-refractivity contribution is 6.22. The smallest absolute Gasteiger partial charge is 0.155 e. The summed E-state index contributed by atoms with van der Waals surface area (Å²) in [5, 5.41) is 8.15. The summed E-state index contributed by atoms with van der Waals surface area (Å²) in [5.74, 6) is 0.795. The Morgan fingerprint density at radius 3 is 1.96 bits per heavy atom. The number of nitrogens with two attached hydrogens (primary N) is 1. The fourth-order valence-electron chi connectivity index (χ4n) is 3.02. The largest absolute Gasteiger partial charge is 0.385 e. The van der Waals surface area contributed by atoms with Crippen molar-refractivity contribution in [2.24, 2.45) is 10.7 Å². The van der Waals surface area contributed by atoms with Crippen LogP contribution in [0.25, 0.3) is 0 Å². The van der Waals surface area contributed by atoms with Crippen molar-refractivity contribution in [2.45, 2.75) is 38.5 Å². The normalized spacial score (nSPS) is 13.3. The lowest BCUT2D eigenvalue weighted by atomic mass is 9.91. The van der Waals surface area contributed by atoms with Crippen LogP contribution in [0, 0.1) is 5.41 Å². The van der Waals surface area contributed by atoms with Crippen molar-refractivity contribution in [1.29, 1.82) is 5.41 Å². The molecule has 0 radical (unpaired) electrons. The summed E-state index contributed by atoms with van der Waals surface area (Å²) in [6.45, 7) is 1.55. The van der Waals surface area contributed by atoms with E-state index >= 15 is 0 Å². The molecule has 126 valence electrons. The summed E-state index contributed by atoms with van der Waals surface area (Å²) in [5.41, 5.74) is 10.4. The van der Waals surface area contributed by atoms with E-state index in [-0.39, 0.29) is 0 Å². The first-order chi connectivity index (χ1) is 11.2. The number of hydrogen-bond acceptors (Lipinski definition) is 4. The van der Waals surface area contributed by atoms with Gasteiger partial charge < -0.3 is 15.2 Å². The van der Waals surface area contributed by atoms with E-state index in [2.05, 4.69) is 17.1 Å². The Hall–Kier alpha value is -1.72. The molecule has 0 aromatic heterocycles. The van der Waals surface area contributed by atoms with Crippen molar-refractivity contribution < 1.29 is 9.47 Å². The minimum Gasteiger partial charge on any atom is -0.385 e. The van der Waals surface area contributed by atoms with Crippen molar-refractivity contribution in [3.63, 3.8) is 0 Å². The van der Waals surface area contributed by atoms with Gasteiger partial charge in [0, 0.05) is 38.6 Å². The molecule has 0 aliphatic carbocycles. The predicted octanol–water partition coefficient (Wildman–Crippen LogP) is 2.67. The molecular weight excluding hydrogens is 290 g/mol. The van der Waals surface area contributed by atoms with Gasteiger partial charge in [0.05, 0.1) is 0 Å². The number of ether oxygens (including phenoxy) is 2. The minimum absolute atomic E-state index is 0.304. The van der Waals surface area contributed by atoms with Crippen molar-refractivity contribution in [3.05, 3.63) is 34.4 Å². The van der Waals surface area contributed by atoms with Crippen molar-refractivity contribution in [1.82, 2.24) is 0 Å². The van der Waals surface area contributed by atoms with Crippen LogP contribution >= 0.6 is 0 Å². The van der Waals surface area contributed by atoms with Crippen molar-refractivity contribution >= 4 is 11.7 Å². The lowest BCUT2D eigenvalue weighted by Gasteiger charge is -2.13. The van der Waals surface area contributed by atoms with Crippen LogP contribution in [0.1, 0.15) is 47.9 Å². The Labute approximate surface area is 138 Å². The van der Waals surface area contributed by atoms with Gasteiger partial charge in [-0.15, -0.1) is 0 Å². The highest BCUT2D eigenvalue weighted by atomic mass is 16.5. The molecule has 1 aromatic carbocycles. The van der Waals surface area contributed by atoms with E-state index in [4.69, 9.17) is 20.6 Å². The number of aliphatic imine (C=N–C) groups is 1. The SMILES string of the molecule is COCCCCc1ccc(CCCCOC)c2c1C(=N)N=C2N. The Bertz CT molecular complexity index is 582. The quantitative estimate of drug-likeness (QED) is 0.651. The molecule has 0 atom stereocenters. The number of fused-ring (bicyclic) bond motifs is 1. The topological polar surface area (TPSA) is 80.7 Å². The van der Waals surface area contributed by atoms with Crippen LogP contribution in [0.4, 0.5) is 0 Å². The van der Waals surface area contributed by atoms with E-state index in [0.717, 1.165) is 62.9 Å². The van der Waals surface area contributed by atoms with Gasteiger partial charge >= 0.3 is 0 Å². The number of aryl methyl sites for hydroxylation is 2. The Kier molecular flexibility index (Phi) is 6.74. The number of nitrogens with one attached hydrogen (secondary N) is 1. The second kappa shape index (κ2) is 8.79. The second-order valence-electron chi connectivity index (χ2n) is 5.88. The summed E-state index contributed by atoms with van der Waals surface area (Å²) >= 11 is 0. The van der Waals surface area contributed by atoms with Crippen molar-refractivity contribution in [2.75, 3.05) is 27.4 Å². The van der Waals surface area contributed by atoms with Gasteiger partial charge in [0.15, 0.2) is 5.84 Å². The first-order valence-electron chi connectivity index (χ1n) is 8.25. The highest BCUT2D eigenvalue weighted by Crippen LogP contribution is 2.27. The summed E-state index contributed by atoms with van der Waals surface area (Å²) in [7, 11) is 3.45. The van der Waals surface area contributed by atoms with Gasteiger partial charge in [-0.1, -0.05) is 12.1 Å². The van der Waals surface area contributed by atoms with Crippen LogP contribution in [-0.2, 0) is 22.3 Å². The highest BCUT2D eigenvalue weighted by Gasteiger charge is 2.24. The van der Waals surface area contributed by atoms with Gasteiger partial charge in [0.25, 0.3) is 0 Å². The zero-order valence-electron chi connectivity index (χ0n) is 14.2. The predicted molar refractivity (Wildman–Crippen MR) is 93.6 cm³/mol. The first-order valence-corrected chi connectivity index (χ1v) is 8.25. The third kappa shape index (κ3) is 4.39. The van der Waals surface area contributed by atoms with Crippen LogP contribution < -0.4 is 5.73 Å². The summed E-state index contributed by atoms with van der Waals surface area (Å²) < 4.78 is 10.2. The molecule has 0 bridgehead atoms. The second-order valence-corrected chi connectivity index (χ2v) is 5.88. The van der Waals surface area contributed by atoms with E-state index in [1.165, 1.54) is 11.1 Å². The Balaban J connectivity index is 2.14. The summed E-state index contributed by atoms with van der Waals surface area (Å²) in [6.07, 6.45) is 6.01. The molecule has 0 fully saturated rings. The maximum absolute atomic E-state index is 8.15. The van der Waals surface area contributed by atoms with Gasteiger partial charge in [-0.3, -0.25) is 5.41 Å². The monoisotopic (exact) mass is 317 g/mol. The average molecular weight is 317 g/mol. The van der Waals surface area contributed by atoms with Gasteiger partial charge in [0.2, 0.25) is 0 Å². The molecule has 0 saturated heterocycles. The average Bonchev–Trinajstić information content (AvgIpc) is 2.85. The standard InChI is InChI=1S/C18H27N3O2/c1-22-11-5-3-7-13-9-10-14(8-4-6-12-23-2)16-15(13)17(19)21-18(16)20/h9-10H,3-8,11-12H2,1-2H3,(H3,19,20,21). The maximum Gasteiger partial charge on any atom is 0.155 e. The van der Waals surface area contributed by atoms with Gasteiger partial charge in [0.1, 0.15) is 5.84 Å². The molecular formula is C18H27N3O2. The molecule has 0 amide bonds. The number of methoxy groups -OCH3 is 2.